The van der Waals surface area contributed by atoms with Crippen LogP contribution in [0.2, 0.25) is 5.02 Å². The number of rotatable bonds is 3. The lowest BCUT2D eigenvalue weighted by atomic mass is 9.91. The number of phenols is 1. The molecule has 19 heavy (non-hydrogen) atoms. The predicted molar refractivity (Wildman–Crippen MR) is 73.2 cm³/mol. The summed E-state index contributed by atoms with van der Waals surface area (Å²) in [6, 6.07) is 7.28. The molecule has 1 fully saturated rings. The molecule has 0 radical (unpaired) electrons. The van der Waals surface area contributed by atoms with E-state index in [4.69, 9.17) is 16.3 Å². The predicted octanol–water partition coefficient (Wildman–Crippen LogP) is 2.20. The van der Waals surface area contributed by atoms with E-state index in [1.165, 1.54) is 0 Å². The van der Waals surface area contributed by atoms with Crippen molar-refractivity contribution < 1.29 is 9.84 Å². The number of aromatic hydroxyl groups is 1. The molecule has 5 heteroatoms. The number of morpholine rings is 1. The highest BCUT2D eigenvalue weighted by Crippen LogP contribution is 2.28. The van der Waals surface area contributed by atoms with Gasteiger partial charge in [0.2, 0.25) is 0 Å². The zero-order chi connectivity index (χ0) is 13.9. The first-order chi connectivity index (χ1) is 9.05. The summed E-state index contributed by atoms with van der Waals surface area (Å²) in [6.45, 7) is 4.62. The van der Waals surface area contributed by atoms with Gasteiger partial charge in [0.05, 0.1) is 19.3 Å². The van der Waals surface area contributed by atoms with Gasteiger partial charge >= 0.3 is 0 Å². The Hall–Kier alpha value is -1.28. The number of hydrogen-bond donors (Lipinski definition) is 1. The smallest absolute Gasteiger partial charge is 0.118 e. The molecule has 0 spiro atoms. The van der Waals surface area contributed by atoms with Crippen molar-refractivity contribution in [1.82, 2.24) is 4.90 Å². The maximum absolute atomic E-state index is 9.88. The van der Waals surface area contributed by atoms with Crippen LogP contribution in [0, 0.1) is 11.3 Å². The van der Waals surface area contributed by atoms with E-state index in [2.05, 4.69) is 11.0 Å². The zero-order valence-corrected chi connectivity index (χ0v) is 11.7. The summed E-state index contributed by atoms with van der Waals surface area (Å²) in [6.07, 6.45) is 0.440. The molecule has 0 bridgehead atoms. The van der Waals surface area contributed by atoms with E-state index in [0.29, 0.717) is 30.2 Å². The Balaban J connectivity index is 2.22. The Kier molecular flexibility index (Phi) is 4.31. The summed E-state index contributed by atoms with van der Waals surface area (Å²) >= 11 is 5.95. The quantitative estimate of drug-likeness (QED) is 0.922. The van der Waals surface area contributed by atoms with Crippen molar-refractivity contribution in [3.05, 3.63) is 28.8 Å². The molecule has 1 aliphatic heterocycles. The van der Waals surface area contributed by atoms with Crippen LogP contribution >= 0.6 is 11.6 Å². The standard InChI is InChI=1S/C14H17ClN2O2/c1-14(10-16,17-4-6-19-7-5-17)9-11-8-12(15)2-3-13(11)18/h2-3,8,18H,4-7,9H2,1H3. The summed E-state index contributed by atoms with van der Waals surface area (Å²) in [7, 11) is 0. The van der Waals surface area contributed by atoms with E-state index < -0.39 is 5.54 Å². The fourth-order valence-electron chi connectivity index (χ4n) is 2.35. The van der Waals surface area contributed by atoms with Crippen LogP contribution < -0.4 is 0 Å². The van der Waals surface area contributed by atoms with E-state index in [9.17, 15) is 10.4 Å². The van der Waals surface area contributed by atoms with Gasteiger partial charge in [-0.05, 0) is 30.7 Å². The normalized spacial score (nSPS) is 19.6. The molecule has 102 valence electrons. The van der Waals surface area contributed by atoms with Crippen molar-refractivity contribution in [2.24, 2.45) is 0 Å². The number of ether oxygens (including phenoxy) is 1. The molecule has 1 aromatic carbocycles. The molecule has 0 saturated carbocycles. The third-order valence-electron chi connectivity index (χ3n) is 3.53. The van der Waals surface area contributed by atoms with Crippen molar-refractivity contribution in [3.63, 3.8) is 0 Å². The number of benzene rings is 1. The Bertz CT molecular complexity index is 495. The summed E-state index contributed by atoms with van der Waals surface area (Å²) in [5.74, 6) is 0.180. The molecule has 0 aromatic heterocycles. The van der Waals surface area contributed by atoms with Crippen molar-refractivity contribution in [3.8, 4) is 11.8 Å². The maximum atomic E-state index is 9.88. The molecule has 1 atom stereocenters. The topological polar surface area (TPSA) is 56.5 Å². The minimum Gasteiger partial charge on any atom is -0.508 e. The molecule has 1 N–H and O–H groups in total. The fourth-order valence-corrected chi connectivity index (χ4v) is 2.54. The molecular weight excluding hydrogens is 264 g/mol. The summed E-state index contributed by atoms with van der Waals surface area (Å²) < 4.78 is 5.31. The van der Waals surface area contributed by atoms with Gasteiger partial charge in [0, 0.05) is 24.5 Å². The molecule has 1 unspecified atom stereocenters. The molecule has 4 nitrogen and oxygen atoms in total. The Labute approximate surface area is 118 Å². The lowest BCUT2D eigenvalue weighted by molar-refractivity contribution is 0.00177. The first-order valence-corrected chi connectivity index (χ1v) is 6.64. The SMILES string of the molecule is CC(C#N)(Cc1cc(Cl)ccc1O)N1CCOCC1. The number of phenolic OH excluding ortho intramolecular Hbond substituents is 1. The monoisotopic (exact) mass is 280 g/mol. The summed E-state index contributed by atoms with van der Waals surface area (Å²) in [5.41, 5.74) is 0.0365. The highest BCUT2D eigenvalue weighted by molar-refractivity contribution is 6.30. The minimum absolute atomic E-state index is 0.180. The maximum Gasteiger partial charge on any atom is 0.118 e. The number of nitriles is 1. The van der Waals surface area contributed by atoms with Crippen molar-refractivity contribution in [1.29, 1.82) is 5.26 Å². The van der Waals surface area contributed by atoms with Crippen LogP contribution in [0.5, 0.6) is 5.75 Å². The molecule has 0 aliphatic carbocycles. The third-order valence-corrected chi connectivity index (χ3v) is 3.76. The third kappa shape index (κ3) is 3.19. The molecule has 1 heterocycles. The lowest BCUT2D eigenvalue weighted by Gasteiger charge is -2.38. The van der Waals surface area contributed by atoms with Crippen molar-refractivity contribution in [2.45, 2.75) is 18.9 Å². The summed E-state index contributed by atoms with van der Waals surface area (Å²) in [5, 5.41) is 20.0. The minimum atomic E-state index is -0.661. The molecule has 2 rings (SSSR count). The highest BCUT2D eigenvalue weighted by Gasteiger charge is 2.34. The average Bonchev–Trinajstić information content (AvgIpc) is 2.44. The number of hydrogen-bond acceptors (Lipinski definition) is 4. The second kappa shape index (κ2) is 5.79. The second-order valence-electron chi connectivity index (χ2n) is 4.93. The van der Waals surface area contributed by atoms with E-state index >= 15 is 0 Å². The average molecular weight is 281 g/mol. The van der Waals surface area contributed by atoms with Gasteiger partial charge in [0.1, 0.15) is 11.3 Å². The van der Waals surface area contributed by atoms with E-state index in [1.54, 1.807) is 18.2 Å². The lowest BCUT2D eigenvalue weighted by Crippen LogP contribution is -2.52. The first kappa shape index (κ1) is 14.1. The largest absolute Gasteiger partial charge is 0.508 e. The van der Waals surface area contributed by atoms with E-state index in [-0.39, 0.29) is 5.75 Å². The first-order valence-electron chi connectivity index (χ1n) is 6.26. The van der Waals surface area contributed by atoms with Gasteiger partial charge in [-0.2, -0.15) is 5.26 Å². The van der Waals surface area contributed by atoms with Gasteiger partial charge in [0.25, 0.3) is 0 Å². The van der Waals surface area contributed by atoms with Crippen LogP contribution in [-0.2, 0) is 11.2 Å². The summed E-state index contributed by atoms with van der Waals surface area (Å²) in [4.78, 5) is 2.09. The molecular formula is C14H17ClN2O2. The fraction of sp³-hybridized carbons (Fsp3) is 0.500. The Morgan fingerprint density at radius 3 is 2.79 bits per heavy atom. The molecule has 1 aliphatic rings. The van der Waals surface area contributed by atoms with Gasteiger partial charge in [-0.3, -0.25) is 4.90 Å². The highest BCUT2D eigenvalue weighted by atomic mass is 35.5. The number of nitrogens with zero attached hydrogens (tertiary/aromatic N) is 2. The Morgan fingerprint density at radius 2 is 2.16 bits per heavy atom. The van der Waals surface area contributed by atoms with Crippen LogP contribution in [0.1, 0.15) is 12.5 Å². The van der Waals surface area contributed by atoms with Crippen LogP contribution in [-0.4, -0.2) is 41.8 Å². The van der Waals surface area contributed by atoms with E-state index in [1.807, 2.05) is 6.92 Å². The van der Waals surface area contributed by atoms with Gasteiger partial charge < -0.3 is 9.84 Å². The van der Waals surface area contributed by atoms with E-state index in [0.717, 1.165) is 13.1 Å². The van der Waals surface area contributed by atoms with Gasteiger partial charge in [0.15, 0.2) is 0 Å². The van der Waals surface area contributed by atoms with Gasteiger partial charge in [-0.15, -0.1) is 0 Å². The van der Waals surface area contributed by atoms with Gasteiger partial charge in [-0.1, -0.05) is 11.6 Å². The molecule has 0 amide bonds. The zero-order valence-electron chi connectivity index (χ0n) is 10.9. The Morgan fingerprint density at radius 1 is 1.47 bits per heavy atom. The molecule has 1 saturated heterocycles. The molecule has 1 aromatic rings. The second-order valence-corrected chi connectivity index (χ2v) is 5.37. The van der Waals surface area contributed by atoms with Crippen molar-refractivity contribution in [2.75, 3.05) is 26.3 Å². The number of halogens is 1. The van der Waals surface area contributed by atoms with Crippen LogP contribution in [0.4, 0.5) is 0 Å². The van der Waals surface area contributed by atoms with Crippen LogP contribution in [0.3, 0.4) is 0 Å². The van der Waals surface area contributed by atoms with Crippen LogP contribution in [0.25, 0.3) is 0 Å². The van der Waals surface area contributed by atoms with Gasteiger partial charge in [-0.25, -0.2) is 0 Å². The van der Waals surface area contributed by atoms with Crippen LogP contribution in [0.15, 0.2) is 18.2 Å². The van der Waals surface area contributed by atoms with Crippen molar-refractivity contribution >= 4 is 11.6 Å².